The van der Waals surface area contributed by atoms with Gasteiger partial charge >= 0.3 is 0 Å². The van der Waals surface area contributed by atoms with Crippen LogP contribution in [0.4, 0.5) is 0 Å². The maximum Gasteiger partial charge on any atom is 0.175 e. The van der Waals surface area contributed by atoms with Gasteiger partial charge in [-0.05, 0) is 24.3 Å². The van der Waals surface area contributed by atoms with Crippen molar-refractivity contribution in [1.29, 1.82) is 0 Å². The Balaban J connectivity index is 2.34. The van der Waals surface area contributed by atoms with E-state index in [1.165, 1.54) is 12.1 Å². The number of nitrogens with zero attached hydrogens (tertiary/aromatic N) is 1. The Morgan fingerprint density at radius 2 is 2.11 bits per heavy atom. The molecule has 1 aromatic heterocycles. The van der Waals surface area contributed by atoms with Crippen molar-refractivity contribution in [2.75, 3.05) is 6.26 Å². The first kappa shape index (κ1) is 13.8. The van der Waals surface area contributed by atoms with Crippen LogP contribution in [0, 0.1) is 0 Å². The van der Waals surface area contributed by atoms with E-state index in [0.717, 1.165) is 11.8 Å². The smallest absolute Gasteiger partial charge is 0.175 e. The van der Waals surface area contributed by atoms with Gasteiger partial charge in [0, 0.05) is 18.0 Å². The molecule has 2 rings (SSSR count). The molecule has 100 valence electrons. The molecular formula is C13H12ClNO3S. The lowest BCUT2D eigenvalue weighted by atomic mass is 10.3. The van der Waals surface area contributed by atoms with E-state index in [0.29, 0.717) is 17.4 Å². The highest BCUT2D eigenvalue weighted by Crippen LogP contribution is 2.27. The lowest BCUT2D eigenvalue weighted by Crippen LogP contribution is -1.97. The second-order valence-electron chi connectivity index (χ2n) is 3.97. The summed E-state index contributed by atoms with van der Waals surface area (Å²) in [6, 6.07) is 8.05. The fourth-order valence-electron chi connectivity index (χ4n) is 1.51. The first-order valence-electron chi connectivity index (χ1n) is 5.47. The largest absolute Gasteiger partial charge is 0.455 e. The van der Waals surface area contributed by atoms with Crippen LogP contribution in [0.2, 0.25) is 0 Å². The summed E-state index contributed by atoms with van der Waals surface area (Å²) in [5.74, 6) is 1.24. The first-order valence-corrected chi connectivity index (χ1v) is 7.90. The zero-order valence-corrected chi connectivity index (χ0v) is 11.8. The molecule has 0 aliphatic heterocycles. The Labute approximate surface area is 116 Å². The van der Waals surface area contributed by atoms with Gasteiger partial charge in [0.15, 0.2) is 9.84 Å². The normalized spacial score (nSPS) is 11.3. The van der Waals surface area contributed by atoms with Gasteiger partial charge in [0.25, 0.3) is 0 Å². The molecule has 4 nitrogen and oxygen atoms in total. The van der Waals surface area contributed by atoms with Crippen molar-refractivity contribution in [1.82, 2.24) is 4.98 Å². The van der Waals surface area contributed by atoms with Gasteiger partial charge in [-0.1, -0.05) is 6.07 Å². The summed E-state index contributed by atoms with van der Waals surface area (Å²) in [6.45, 7) is 0. The molecule has 0 N–H and O–H groups in total. The van der Waals surface area contributed by atoms with Crippen molar-refractivity contribution in [3.05, 3.63) is 48.3 Å². The molecule has 0 saturated carbocycles. The fraction of sp³-hybridized carbons (Fsp3) is 0.154. The molecule has 0 bridgehead atoms. The number of benzene rings is 1. The Bertz CT molecular complexity index is 686. The highest BCUT2D eigenvalue weighted by molar-refractivity contribution is 7.90. The second-order valence-corrected chi connectivity index (χ2v) is 6.25. The van der Waals surface area contributed by atoms with Gasteiger partial charge in [0.2, 0.25) is 0 Å². The number of alkyl halides is 1. The van der Waals surface area contributed by atoms with E-state index in [2.05, 4.69) is 4.98 Å². The summed E-state index contributed by atoms with van der Waals surface area (Å²) in [7, 11) is -3.25. The van der Waals surface area contributed by atoms with Gasteiger partial charge < -0.3 is 4.74 Å². The molecule has 0 spiro atoms. The standard InChI is InChI=1S/C13H12ClNO3S/c1-19(16,17)12-4-2-3-11(7-12)18-13-9-15-6-5-10(13)8-14/h2-7,9H,8H2,1H3. The van der Waals surface area contributed by atoms with Crippen molar-refractivity contribution < 1.29 is 13.2 Å². The van der Waals surface area contributed by atoms with Gasteiger partial charge in [-0.3, -0.25) is 4.98 Å². The maximum atomic E-state index is 11.5. The van der Waals surface area contributed by atoms with Crippen LogP contribution in [0.1, 0.15) is 5.56 Å². The topological polar surface area (TPSA) is 56.3 Å². The number of hydrogen-bond acceptors (Lipinski definition) is 4. The van der Waals surface area contributed by atoms with Crippen LogP contribution >= 0.6 is 11.6 Å². The average Bonchev–Trinajstić information content (AvgIpc) is 2.39. The number of rotatable bonds is 4. The summed E-state index contributed by atoms with van der Waals surface area (Å²) in [5, 5.41) is 0. The van der Waals surface area contributed by atoms with Crippen LogP contribution in [-0.4, -0.2) is 19.7 Å². The molecule has 6 heteroatoms. The highest BCUT2D eigenvalue weighted by atomic mass is 35.5. The lowest BCUT2D eigenvalue weighted by Gasteiger charge is -2.09. The van der Waals surface area contributed by atoms with Crippen molar-refractivity contribution in [3.8, 4) is 11.5 Å². The number of aromatic nitrogens is 1. The number of hydrogen-bond donors (Lipinski definition) is 0. The number of halogens is 1. The van der Waals surface area contributed by atoms with E-state index in [9.17, 15) is 8.42 Å². The minimum absolute atomic E-state index is 0.210. The Kier molecular flexibility index (Phi) is 4.07. The third-order valence-electron chi connectivity index (χ3n) is 2.48. The summed E-state index contributed by atoms with van der Waals surface area (Å²) >= 11 is 5.80. The number of pyridine rings is 1. The molecule has 2 aromatic rings. The van der Waals surface area contributed by atoms with Crippen LogP contribution in [-0.2, 0) is 15.7 Å². The van der Waals surface area contributed by atoms with Crippen LogP contribution in [0.15, 0.2) is 47.6 Å². The molecule has 1 aromatic carbocycles. The highest BCUT2D eigenvalue weighted by Gasteiger charge is 2.09. The second kappa shape index (κ2) is 5.59. The van der Waals surface area contributed by atoms with Gasteiger partial charge in [-0.15, -0.1) is 11.6 Å². The summed E-state index contributed by atoms with van der Waals surface area (Å²) < 4.78 is 28.6. The first-order chi connectivity index (χ1) is 9.00. The molecule has 0 radical (unpaired) electrons. The lowest BCUT2D eigenvalue weighted by molar-refractivity contribution is 0.474. The minimum atomic E-state index is -3.25. The van der Waals surface area contributed by atoms with Crippen molar-refractivity contribution >= 4 is 21.4 Å². The minimum Gasteiger partial charge on any atom is -0.455 e. The molecule has 0 aliphatic carbocycles. The van der Waals surface area contributed by atoms with Crippen LogP contribution < -0.4 is 4.74 Å². The summed E-state index contributed by atoms with van der Waals surface area (Å²) in [6.07, 6.45) is 4.32. The van der Waals surface area contributed by atoms with Gasteiger partial charge in [0.05, 0.1) is 17.0 Å². The van der Waals surface area contributed by atoms with Crippen LogP contribution in [0.3, 0.4) is 0 Å². The quantitative estimate of drug-likeness (QED) is 0.814. The molecule has 0 amide bonds. The van der Waals surface area contributed by atoms with Gasteiger partial charge in [0.1, 0.15) is 11.5 Å². The summed E-state index contributed by atoms with van der Waals surface area (Å²) in [5.41, 5.74) is 0.793. The molecule has 0 saturated heterocycles. The van der Waals surface area contributed by atoms with E-state index in [1.54, 1.807) is 30.6 Å². The number of sulfone groups is 1. The van der Waals surface area contributed by atoms with Crippen LogP contribution in [0.5, 0.6) is 11.5 Å². The summed E-state index contributed by atoms with van der Waals surface area (Å²) in [4.78, 5) is 4.17. The zero-order valence-electron chi connectivity index (χ0n) is 10.2. The van der Waals surface area contributed by atoms with E-state index < -0.39 is 9.84 Å². The van der Waals surface area contributed by atoms with Crippen molar-refractivity contribution in [3.63, 3.8) is 0 Å². The molecule has 0 fully saturated rings. The Morgan fingerprint density at radius 3 is 2.79 bits per heavy atom. The van der Waals surface area contributed by atoms with Crippen molar-refractivity contribution in [2.45, 2.75) is 10.8 Å². The molecule has 0 aliphatic rings. The average molecular weight is 298 g/mol. The predicted molar refractivity (Wildman–Crippen MR) is 73.4 cm³/mol. The van der Waals surface area contributed by atoms with Crippen molar-refractivity contribution in [2.24, 2.45) is 0 Å². The van der Waals surface area contributed by atoms with E-state index in [1.807, 2.05) is 0 Å². The molecule has 1 heterocycles. The maximum absolute atomic E-state index is 11.5. The third-order valence-corrected chi connectivity index (χ3v) is 3.87. The third kappa shape index (κ3) is 3.45. The van der Waals surface area contributed by atoms with E-state index >= 15 is 0 Å². The number of ether oxygens (including phenoxy) is 1. The monoisotopic (exact) mass is 297 g/mol. The Hall–Kier alpha value is -1.59. The zero-order chi connectivity index (χ0) is 13.9. The van der Waals surface area contributed by atoms with Gasteiger partial charge in [-0.25, -0.2) is 8.42 Å². The predicted octanol–water partition coefficient (Wildman–Crippen LogP) is 3.02. The molecular weight excluding hydrogens is 286 g/mol. The van der Waals surface area contributed by atoms with Crippen LogP contribution in [0.25, 0.3) is 0 Å². The molecule has 0 unspecified atom stereocenters. The van der Waals surface area contributed by atoms with Gasteiger partial charge in [-0.2, -0.15) is 0 Å². The fourth-order valence-corrected chi connectivity index (χ4v) is 2.38. The molecule has 0 atom stereocenters. The van der Waals surface area contributed by atoms with E-state index in [-0.39, 0.29) is 4.90 Å². The molecule has 19 heavy (non-hydrogen) atoms. The SMILES string of the molecule is CS(=O)(=O)c1cccc(Oc2cnccc2CCl)c1. The van der Waals surface area contributed by atoms with E-state index in [4.69, 9.17) is 16.3 Å². The Morgan fingerprint density at radius 1 is 1.32 bits per heavy atom.